The average molecular weight is 435 g/mol. The minimum Gasteiger partial charge on any atom is -0.463 e. The first-order valence-corrected chi connectivity index (χ1v) is 10.9. The van der Waals surface area contributed by atoms with Crippen LogP contribution in [0.4, 0.5) is 4.79 Å². The van der Waals surface area contributed by atoms with Crippen LogP contribution in [-0.4, -0.2) is 49.2 Å². The second-order valence-electron chi connectivity index (χ2n) is 7.56. The highest BCUT2D eigenvalue weighted by atomic mass is 16.5. The molecule has 0 spiro atoms. The van der Waals surface area contributed by atoms with Crippen LogP contribution in [0.25, 0.3) is 0 Å². The number of alkyl carbamates (subject to hydrolysis) is 1. The molecule has 31 heavy (non-hydrogen) atoms. The second-order valence-corrected chi connectivity index (χ2v) is 7.56. The zero-order chi connectivity index (χ0) is 22.9. The van der Waals surface area contributed by atoms with Crippen LogP contribution in [0.15, 0.2) is 29.3 Å². The Hall–Kier alpha value is -2.77. The number of hydrogen-bond donors (Lipinski definition) is 1. The number of nitrogens with zero attached hydrogens (tertiary/aromatic N) is 1. The normalized spacial score (nSPS) is 13.1. The van der Waals surface area contributed by atoms with E-state index in [9.17, 15) is 19.2 Å². The highest BCUT2D eigenvalue weighted by molar-refractivity contribution is 6.10. The molecule has 2 amide bonds. The molecule has 0 saturated carbocycles. The Labute approximate surface area is 184 Å². The molecular weight excluding hydrogens is 400 g/mol. The Morgan fingerprint density at radius 1 is 1.06 bits per heavy atom. The number of dihydropyridines is 1. The lowest BCUT2D eigenvalue weighted by atomic mass is 10.00. The highest BCUT2D eigenvalue weighted by Crippen LogP contribution is 2.13. The van der Waals surface area contributed by atoms with Gasteiger partial charge in [-0.05, 0) is 32.6 Å². The molecule has 0 aromatic heterocycles. The van der Waals surface area contributed by atoms with Crippen LogP contribution >= 0.6 is 0 Å². The van der Waals surface area contributed by atoms with Crippen molar-refractivity contribution in [3.63, 3.8) is 0 Å². The van der Waals surface area contributed by atoms with E-state index in [0.717, 1.165) is 43.8 Å². The number of rotatable bonds is 16. The first-order valence-electron chi connectivity index (χ1n) is 10.9. The maximum Gasteiger partial charge on any atom is 0.407 e. The van der Waals surface area contributed by atoms with E-state index in [4.69, 9.17) is 9.47 Å². The maximum atomic E-state index is 12.0. The summed E-state index contributed by atoms with van der Waals surface area (Å²) in [5.41, 5.74) is 1.62. The number of ketones is 1. The largest absolute Gasteiger partial charge is 0.463 e. The van der Waals surface area contributed by atoms with Crippen LogP contribution in [0.3, 0.4) is 0 Å². The molecule has 0 bridgehead atoms. The molecule has 0 aromatic carbocycles. The molecule has 1 heterocycles. The fourth-order valence-electron chi connectivity index (χ4n) is 3.05. The van der Waals surface area contributed by atoms with Gasteiger partial charge in [0.05, 0.1) is 13.2 Å². The lowest BCUT2D eigenvalue weighted by Crippen LogP contribution is -2.25. The smallest absolute Gasteiger partial charge is 0.407 e. The standard InChI is InChI=1S/C23H34N2O6/c1-3-22(28)30-13-9-10-14-31-23(29)24-12-8-6-4-5-7-11-20(26)17-19-15-18(2)16-21(27)25-19/h3,16H,1,4-15,17H2,2H3,(H,24,29). The minimum absolute atomic E-state index is 0.129. The van der Waals surface area contributed by atoms with E-state index in [1.807, 2.05) is 6.92 Å². The van der Waals surface area contributed by atoms with Gasteiger partial charge in [-0.1, -0.05) is 31.4 Å². The summed E-state index contributed by atoms with van der Waals surface area (Å²) >= 11 is 0. The fraction of sp³-hybridized carbons (Fsp3) is 0.609. The molecule has 1 N–H and O–H groups in total. The van der Waals surface area contributed by atoms with Crippen molar-refractivity contribution in [1.29, 1.82) is 0 Å². The van der Waals surface area contributed by atoms with E-state index in [-0.39, 0.29) is 31.3 Å². The monoisotopic (exact) mass is 434 g/mol. The molecule has 0 aromatic rings. The van der Waals surface area contributed by atoms with Crippen molar-refractivity contribution in [3.8, 4) is 0 Å². The van der Waals surface area contributed by atoms with E-state index in [1.165, 1.54) is 6.08 Å². The number of unbranched alkanes of at least 4 members (excludes halogenated alkanes) is 5. The van der Waals surface area contributed by atoms with E-state index >= 15 is 0 Å². The molecule has 1 rings (SSSR count). The van der Waals surface area contributed by atoms with Crippen molar-refractivity contribution in [2.24, 2.45) is 4.99 Å². The summed E-state index contributed by atoms with van der Waals surface area (Å²) in [6.45, 7) is 6.29. The predicted molar refractivity (Wildman–Crippen MR) is 118 cm³/mol. The number of esters is 1. The van der Waals surface area contributed by atoms with Crippen molar-refractivity contribution >= 4 is 29.5 Å². The van der Waals surface area contributed by atoms with Gasteiger partial charge in [-0.25, -0.2) is 14.6 Å². The number of nitrogens with one attached hydrogen (secondary N) is 1. The molecule has 0 aliphatic carbocycles. The molecule has 0 saturated heterocycles. The van der Waals surface area contributed by atoms with E-state index in [1.54, 1.807) is 0 Å². The Kier molecular flexibility index (Phi) is 13.5. The van der Waals surface area contributed by atoms with E-state index < -0.39 is 12.1 Å². The Morgan fingerprint density at radius 2 is 1.74 bits per heavy atom. The number of hydrogen-bond acceptors (Lipinski definition) is 6. The van der Waals surface area contributed by atoms with Crippen molar-refractivity contribution in [1.82, 2.24) is 5.32 Å². The minimum atomic E-state index is -0.454. The van der Waals surface area contributed by atoms with Gasteiger partial charge < -0.3 is 14.8 Å². The number of allylic oxidation sites excluding steroid dienone is 1. The first-order chi connectivity index (χ1) is 14.9. The van der Waals surface area contributed by atoms with Crippen molar-refractivity contribution in [2.45, 2.75) is 71.1 Å². The third-order valence-corrected chi connectivity index (χ3v) is 4.61. The van der Waals surface area contributed by atoms with Crippen LogP contribution in [-0.2, 0) is 23.9 Å². The molecule has 172 valence electrons. The van der Waals surface area contributed by atoms with E-state index in [0.29, 0.717) is 37.9 Å². The molecule has 1 aliphatic rings. The predicted octanol–water partition coefficient (Wildman–Crippen LogP) is 3.84. The summed E-state index contributed by atoms with van der Waals surface area (Å²) in [6, 6.07) is 0. The van der Waals surface area contributed by atoms with Gasteiger partial charge in [0.15, 0.2) is 0 Å². The lowest BCUT2D eigenvalue weighted by molar-refractivity contribution is -0.137. The van der Waals surface area contributed by atoms with Gasteiger partial charge in [0.1, 0.15) is 5.78 Å². The molecular formula is C23H34N2O6. The molecule has 1 aliphatic heterocycles. The van der Waals surface area contributed by atoms with Gasteiger partial charge in [0, 0.05) is 43.7 Å². The Morgan fingerprint density at radius 3 is 2.45 bits per heavy atom. The molecule has 8 heteroatoms. The van der Waals surface area contributed by atoms with Crippen LogP contribution in [0.1, 0.15) is 71.1 Å². The van der Waals surface area contributed by atoms with Crippen LogP contribution < -0.4 is 5.32 Å². The van der Waals surface area contributed by atoms with Gasteiger partial charge in [-0.2, -0.15) is 0 Å². The third-order valence-electron chi connectivity index (χ3n) is 4.61. The summed E-state index contributed by atoms with van der Waals surface area (Å²) in [5, 5.41) is 2.70. The topological polar surface area (TPSA) is 111 Å². The third kappa shape index (κ3) is 14.0. The van der Waals surface area contributed by atoms with Gasteiger partial charge in [0.2, 0.25) is 0 Å². The average Bonchev–Trinajstić information content (AvgIpc) is 2.71. The summed E-state index contributed by atoms with van der Waals surface area (Å²) < 4.78 is 9.86. The summed E-state index contributed by atoms with van der Waals surface area (Å²) in [7, 11) is 0. The molecule has 0 atom stereocenters. The molecule has 0 fully saturated rings. The number of aliphatic imine (C=N–C) groups is 1. The second kappa shape index (κ2) is 16.0. The fourth-order valence-corrected chi connectivity index (χ4v) is 3.05. The van der Waals surface area contributed by atoms with Crippen LogP contribution in [0, 0.1) is 0 Å². The molecule has 8 nitrogen and oxygen atoms in total. The zero-order valence-corrected chi connectivity index (χ0v) is 18.5. The lowest BCUT2D eigenvalue weighted by Gasteiger charge is -2.10. The Balaban J connectivity index is 1.91. The van der Waals surface area contributed by atoms with Gasteiger partial charge in [-0.3, -0.25) is 9.59 Å². The van der Waals surface area contributed by atoms with Crippen molar-refractivity contribution < 1.29 is 28.7 Å². The summed E-state index contributed by atoms with van der Waals surface area (Å²) in [4.78, 5) is 49.7. The van der Waals surface area contributed by atoms with Crippen molar-refractivity contribution in [3.05, 3.63) is 24.3 Å². The van der Waals surface area contributed by atoms with Crippen LogP contribution in [0.5, 0.6) is 0 Å². The summed E-state index contributed by atoms with van der Waals surface area (Å²) in [6.07, 6.45) is 9.40. The SMILES string of the molecule is C=CC(=O)OCCCCOC(=O)NCCCCCCCC(=O)CC1=NC(=O)C=C(C)C1. The number of carbonyl (C=O) groups excluding carboxylic acids is 4. The Bertz CT molecular complexity index is 696. The quantitative estimate of drug-likeness (QED) is 0.224. The zero-order valence-electron chi connectivity index (χ0n) is 18.5. The van der Waals surface area contributed by atoms with E-state index in [2.05, 4.69) is 16.9 Å². The van der Waals surface area contributed by atoms with Gasteiger partial charge >= 0.3 is 12.1 Å². The number of amides is 2. The maximum absolute atomic E-state index is 12.0. The number of ether oxygens (including phenoxy) is 2. The number of carbonyl (C=O) groups is 4. The van der Waals surface area contributed by atoms with Crippen molar-refractivity contribution in [2.75, 3.05) is 19.8 Å². The van der Waals surface area contributed by atoms with Gasteiger partial charge in [-0.15, -0.1) is 0 Å². The molecule has 0 unspecified atom stereocenters. The van der Waals surface area contributed by atoms with Gasteiger partial charge in [0.25, 0.3) is 5.91 Å². The first kappa shape index (κ1) is 26.3. The number of Topliss-reactive ketones (excluding diaryl/α,β-unsaturated/α-hetero) is 1. The summed E-state index contributed by atoms with van der Waals surface area (Å²) in [5.74, 6) is -0.592. The molecule has 0 radical (unpaired) electrons. The highest BCUT2D eigenvalue weighted by Gasteiger charge is 2.14. The van der Waals surface area contributed by atoms with Crippen LogP contribution in [0.2, 0.25) is 0 Å².